The number of likely N-dealkylation sites (N-methyl/N-ethyl adjacent to an activating group) is 1. The molecule has 0 aliphatic carbocycles. The first-order valence-corrected chi connectivity index (χ1v) is 27.0. The Morgan fingerprint density at radius 3 is 1.25 bits per heavy atom. The van der Waals surface area contributed by atoms with Crippen molar-refractivity contribution < 1.29 is 38.2 Å². The Hall–Kier alpha value is -2.45. The van der Waals surface area contributed by atoms with Gasteiger partial charge in [-0.2, -0.15) is 0 Å². The molecule has 0 rings (SSSR count). The largest absolute Gasteiger partial charge is 0.544 e. The second-order valence-electron chi connectivity index (χ2n) is 19.5. The number of allylic oxidation sites excluding steroid dienone is 6. The number of rotatable bonds is 49. The highest BCUT2D eigenvalue weighted by Gasteiger charge is 2.25. The molecule has 0 aromatic rings. The molecular weight excluding hydrogens is 799 g/mol. The van der Waals surface area contributed by atoms with Crippen LogP contribution in [0.2, 0.25) is 0 Å². The molecule has 0 radical (unpaired) electrons. The summed E-state index contributed by atoms with van der Waals surface area (Å²) >= 11 is 0. The van der Waals surface area contributed by atoms with Crippen molar-refractivity contribution in [3.63, 3.8) is 0 Å². The maximum atomic E-state index is 12.8. The third-order valence-corrected chi connectivity index (χ3v) is 12.3. The molecule has 0 saturated carbocycles. The van der Waals surface area contributed by atoms with Crippen molar-refractivity contribution in [2.75, 3.05) is 41.0 Å². The average Bonchev–Trinajstić information content (AvgIpc) is 3.26. The Kier molecular flexibility index (Phi) is 45.3. The Balaban J connectivity index is 4.21. The van der Waals surface area contributed by atoms with Crippen LogP contribution in [0.1, 0.15) is 251 Å². The number of ether oxygens (including phenoxy) is 3. The molecule has 0 aromatic carbocycles. The first kappa shape index (κ1) is 61.5. The van der Waals surface area contributed by atoms with Crippen molar-refractivity contribution in [1.29, 1.82) is 0 Å². The fourth-order valence-corrected chi connectivity index (χ4v) is 8.08. The molecule has 0 aliphatic heterocycles. The summed E-state index contributed by atoms with van der Waals surface area (Å²) in [4.78, 5) is 37.1. The summed E-state index contributed by atoms with van der Waals surface area (Å²) in [5.74, 6) is -1.74. The normalized spacial score (nSPS) is 13.1. The second kappa shape index (κ2) is 47.1. The number of hydrogen-bond donors (Lipinski definition) is 0. The lowest BCUT2D eigenvalue weighted by atomic mass is 10.0. The minimum Gasteiger partial charge on any atom is -0.544 e. The maximum absolute atomic E-state index is 12.8. The summed E-state index contributed by atoms with van der Waals surface area (Å²) in [7, 11) is 5.42. The number of hydrogen-bond acceptors (Lipinski definition) is 7. The highest BCUT2D eigenvalue weighted by atomic mass is 16.6. The van der Waals surface area contributed by atoms with Crippen molar-refractivity contribution >= 4 is 17.9 Å². The number of unbranched alkanes of at least 4 members (excludes halogenated alkanes) is 29. The SMILES string of the molecule is CCCCC/C=C\C/C=C\C/C=C\CCCCCCCCC(=O)OC(COCCC(C(=O)[O-])[N+](C)(C)C)COC(=O)CCCCCCCCCCCCCCCCCCCCCCC. The molecule has 0 spiro atoms. The van der Waals surface area contributed by atoms with E-state index in [0.29, 0.717) is 12.8 Å². The van der Waals surface area contributed by atoms with Gasteiger partial charge < -0.3 is 28.6 Å². The third-order valence-electron chi connectivity index (χ3n) is 12.3. The minimum atomic E-state index is -1.12. The van der Waals surface area contributed by atoms with E-state index >= 15 is 0 Å². The van der Waals surface area contributed by atoms with Crippen molar-refractivity contribution in [2.45, 2.75) is 264 Å². The minimum absolute atomic E-state index is 0.0383. The lowest BCUT2D eigenvalue weighted by Gasteiger charge is -2.34. The van der Waals surface area contributed by atoms with E-state index in [4.69, 9.17) is 14.2 Å². The van der Waals surface area contributed by atoms with Gasteiger partial charge in [-0.05, 0) is 51.4 Å². The molecule has 0 fully saturated rings. The number of quaternary nitrogens is 1. The molecule has 64 heavy (non-hydrogen) atoms. The molecule has 8 heteroatoms. The van der Waals surface area contributed by atoms with E-state index in [0.717, 1.165) is 64.2 Å². The number of nitrogens with zero attached hydrogens (tertiary/aromatic N) is 1. The summed E-state index contributed by atoms with van der Waals surface area (Å²) in [5.41, 5.74) is 0. The van der Waals surface area contributed by atoms with Gasteiger partial charge in [0, 0.05) is 19.3 Å². The molecule has 2 unspecified atom stereocenters. The Labute approximate surface area is 395 Å². The predicted octanol–water partition coefficient (Wildman–Crippen LogP) is 14.4. The summed E-state index contributed by atoms with van der Waals surface area (Å²) in [5, 5.41) is 11.7. The van der Waals surface area contributed by atoms with Gasteiger partial charge >= 0.3 is 11.9 Å². The van der Waals surface area contributed by atoms with Gasteiger partial charge in [0.2, 0.25) is 0 Å². The molecule has 0 heterocycles. The van der Waals surface area contributed by atoms with Crippen LogP contribution in [0, 0.1) is 0 Å². The summed E-state index contributed by atoms with van der Waals surface area (Å²) in [6.45, 7) is 4.66. The zero-order chi connectivity index (χ0) is 47.0. The fraction of sp³-hybridized carbons (Fsp3) is 0.839. The molecule has 0 N–H and O–H groups in total. The highest BCUT2D eigenvalue weighted by Crippen LogP contribution is 2.16. The number of esters is 2. The zero-order valence-electron chi connectivity index (χ0n) is 42.7. The van der Waals surface area contributed by atoms with Crippen LogP contribution in [-0.4, -0.2) is 75.5 Å². The molecule has 0 bridgehead atoms. The van der Waals surface area contributed by atoms with E-state index in [1.165, 1.54) is 154 Å². The second-order valence-corrected chi connectivity index (χ2v) is 19.5. The predicted molar refractivity (Wildman–Crippen MR) is 268 cm³/mol. The van der Waals surface area contributed by atoms with Gasteiger partial charge in [-0.25, -0.2) is 0 Å². The molecule has 374 valence electrons. The van der Waals surface area contributed by atoms with E-state index in [2.05, 4.69) is 50.3 Å². The van der Waals surface area contributed by atoms with E-state index in [9.17, 15) is 19.5 Å². The maximum Gasteiger partial charge on any atom is 0.306 e. The first-order chi connectivity index (χ1) is 31.1. The van der Waals surface area contributed by atoms with Gasteiger partial charge in [-0.15, -0.1) is 0 Å². The van der Waals surface area contributed by atoms with Gasteiger partial charge in [0.1, 0.15) is 12.6 Å². The van der Waals surface area contributed by atoms with Gasteiger partial charge in [0.25, 0.3) is 0 Å². The summed E-state index contributed by atoms with van der Waals surface area (Å²) < 4.78 is 17.3. The molecule has 0 aromatic heterocycles. The number of carbonyl (C=O) groups is 3. The van der Waals surface area contributed by atoms with Crippen LogP contribution in [0.5, 0.6) is 0 Å². The van der Waals surface area contributed by atoms with Crippen LogP contribution in [0.3, 0.4) is 0 Å². The fourth-order valence-electron chi connectivity index (χ4n) is 8.08. The van der Waals surface area contributed by atoms with Gasteiger partial charge in [0.15, 0.2) is 6.10 Å². The van der Waals surface area contributed by atoms with E-state index in [1.54, 1.807) is 21.1 Å². The van der Waals surface area contributed by atoms with E-state index < -0.39 is 18.1 Å². The van der Waals surface area contributed by atoms with Crippen LogP contribution < -0.4 is 5.11 Å². The van der Waals surface area contributed by atoms with E-state index in [-0.39, 0.29) is 42.7 Å². The number of aliphatic carboxylic acids is 1. The summed E-state index contributed by atoms with van der Waals surface area (Å²) in [6.07, 6.45) is 56.0. The average molecular weight is 902 g/mol. The first-order valence-electron chi connectivity index (χ1n) is 27.0. The highest BCUT2D eigenvalue weighted by molar-refractivity contribution is 5.70. The quantitative estimate of drug-likeness (QED) is 0.0259. The number of carbonyl (C=O) groups excluding carboxylic acids is 3. The molecule has 2 atom stereocenters. The molecule has 0 saturated heterocycles. The lowest BCUT2D eigenvalue weighted by molar-refractivity contribution is -0.889. The standard InChI is InChI=1S/C56H103NO7/c1-6-8-10-12-14-16-18-20-22-24-26-27-29-30-32-34-36-38-40-42-44-46-54(58)63-51-52(50-62-49-48-53(56(60)61)57(3,4)5)64-55(59)47-45-43-41-39-37-35-33-31-28-25-23-21-19-17-15-13-11-9-7-2/h15,17,21,23,28,31,52-53H,6-14,16,18-20,22,24-27,29-30,32-51H2,1-5H3/b17-15-,23-21-,31-28-. The van der Waals surface area contributed by atoms with Crippen molar-refractivity contribution in [3.8, 4) is 0 Å². The number of carboxylic acids is 1. The van der Waals surface area contributed by atoms with E-state index in [1.807, 2.05) is 0 Å². The van der Waals surface area contributed by atoms with Crippen molar-refractivity contribution in [3.05, 3.63) is 36.5 Å². The van der Waals surface area contributed by atoms with Gasteiger partial charge in [0.05, 0.1) is 40.3 Å². The molecule has 0 aliphatic rings. The van der Waals surface area contributed by atoms with Crippen LogP contribution in [0.4, 0.5) is 0 Å². The van der Waals surface area contributed by atoms with Crippen molar-refractivity contribution in [1.82, 2.24) is 0 Å². The van der Waals surface area contributed by atoms with Crippen LogP contribution in [0.25, 0.3) is 0 Å². The lowest BCUT2D eigenvalue weighted by Crippen LogP contribution is -2.55. The Morgan fingerprint density at radius 2 is 0.828 bits per heavy atom. The summed E-state index contributed by atoms with van der Waals surface area (Å²) in [6, 6.07) is -0.728. The smallest absolute Gasteiger partial charge is 0.306 e. The monoisotopic (exact) mass is 902 g/mol. The number of carboxylic acid groups (broad SMARTS) is 1. The third kappa shape index (κ3) is 44.7. The topological polar surface area (TPSA) is 102 Å². The Morgan fingerprint density at radius 1 is 0.469 bits per heavy atom. The Bertz CT molecular complexity index is 1140. The van der Waals surface area contributed by atoms with Crippen LogP contribution >= 0.6 is 0 Å². The molecule has 0 amide bonds. The van der Waals surface area contributed by atoms with Gasteiger partial charge in [-0.1, -0.05) is 217 Å². The van der Waals surface area contributed by atoms with Crippen LogP contribution in [0.15, 0.2) is 36.5 Å². The zero-order valence-corrected chi connectivity index (χ0v) is 42.7. The van der Waals surface area contributed by atoms with Crippen LogP contribution in [-0.2, 0) is 28.6 Å². The van der Waals surface area contributed by atoms with Gasteiger partial charge in [-0.3, -0.25) is 9.59 Å². The molecule has 8 nitrogen and oxygen atoms in total. The molecular formula is C56H103NO7. The van der Waals surface area contributed by atoms with Crippen molar-refractivity contribution in [2.24, 2.45) is 0 Å².